The normalized spacial score (nSPS) is 15.2. The molecule has 0 saturated carbocycles. The van der Waals surface area contributed by atoms with E-state index in [1.54, 1.807) is 6.92 Å². The highest BCUT2D eigenvalue weighted by atomic mass is 16.3. The van der Waals surface area contributed by atoms with Crippen LogP contribution in [0.25, 0.3) is 0 Å². The standard InChI is InChI=1S/C20H26N4O2/c1-14-21-18-10-12-24(15(2)25)11-9-17(18)20(22-14)23(3)13-19(26)16-7-5-4-6-8-16/h4-8,19,26H,9-13H2,1-3H3/t19-/m0/s1. The van der Waals surface area contributed by atoms with Crippen molar-refractivity contribution in [3.63, 3.8) is 0 Å². The number of aryl methyl sites for hydroxylation is 1. The zero-order valence-corrected chi connectivity index (χ0v) is 15.6. The number of hydrogen-bond donors (Lipinski definition) is 1. The van der Waals surface area contributed by atoms with Crippen molar-refractivity contribution in [3.05, 3.63) is 53.0 Å². The van der Waals surface area contributed by atoms with Gasteiger partial charge in [0.15, 0.2) is 0 Å². The van der Waals surface area contributed by atoms with Gasteiger partial charge in [-0.05, 0) is 18.9 Å². The largest absolute Gasteiger partial charge is 0.387 e. The summed E-state index contributed by atoms with van der Waals surface area (Å²) in [6.45, 7) is 5.31. The minimum atomic E-state index is -0.591. The van der Waals surface area contributed by atoms with Crippen LogP contribution < -0.4 is 4.90 Å². The van der Waals surface area contributed by atoms with Crippen LogP contribution in [0.3, 0.4) is 0 Å². The van der Waals surface area contributed by atoms with Crippen LogP contribution in [0.1, 0.15) is 35.7 Å². The van der Waals surface area contributed by atoms with Crippen molar-refractivity contribution in [1.29, 1.82) is 0 Å². The predicted octanol–water partition coefficient (Wildman–Crippen LogP) is 1.90. The SMILES string of the molecule is CC(=O)N1CCc2nc(C)nc(N(C)C[C@H](O)c3ccccc3)c2CC1. The lowest BCUT2D eigenvalue weighted by atomic mass is 10.1. The van der Waals surface area contributed by atoms with E-state index in [1.807, 2.05) is 54.1 Å². The third-order valence-corrected chi connectivity index (χ3v) is 4.87. The van der Waals surface area contributed by atoms with Gasteiger partial charge in [0.1, 0.15) is 11.6 Å². The number of benzene rings is 1. The quantitative estimate of drug-likeness (QED) is 0.908. The molecule has 0 unspecified atom stereocenters. The number of hydrogen-bond acceptors (Lipinski definition) is 5. The van der Waals surface area contributed by atoms with E-state index in [2.05, 4.69) is 9.97 Å². The zero-order chi connectivity index (χ0) is 18.7. The van der Waals surface area contributed by atoms with E-state index in [9.17, 15) is 9.90 Å². The summed E-state index contributed by atoms with van der Waals surface area (Å²) >= 11 is 0. The van der Waals surface area contributed by atoms with Crippen molar-refractivity contribution in [2.45, 2.75) is 32.8 Å². The Morgan fingerprint density at radius 3 is 2.62 bits per heavy atom. The Balaban J connectivity index is 1.84. The van der Waals surface area contributed by atoms with E-state index in [0.29, 0.717) is 19.6 Å². The Labute approximate surface area is 154 Å². The molecule has 0 radical (unpaired) electrons. The van der Waals surface area contributed by atoms with Gasteiger partial charge in [0.2, 0.25) is 5.91 Å². The van der Waals surface area contributed by atoms with Crippen LogP contribution >= 0.6 is 0 Å². The molecule has 1 aliphatic rings. The maximum atomic E-state index is 11.7. The van der Waals surface area contributed by atoms with E-state index in [4.69, 9.17) is 0 Å². The number of fused-ring (bicyclic) bond motifs is 1. The minimum Gasteiger partial charge on any atom is -0.387 e. The van der Waals surface area contributed by atoms with Gasteiger partial charge in [-0.15, -0.1) is 0 Å². The molecule has 0 spiro atoms. The van der Waals surface area contributed by atoms with Gasteiger partial charge in [0.25, 0.3) is 0 Å². The molecule has 6 heteroatoms. The molecule has 138 valence electrons. The van der Waals surface area contributed by atoms with Gasteiger partial charge in [-0.25, -0.2) is 9.97 Å². The smallest absolute Gasteiger partial charge is 0.219 e. The molecule has 0 fully saturated rings. The first kappa shape index (κ1) is 18.3. The third kappa shape index (κ3) is 4.02. The lowest BCUT2D eigenvalue weighted by Gasteiger charge is -2.25. The molecule has 1 aromatic carbocycles. The highest BCUT2D eigenvalue weighted by Crippen LogP contribution is 2.26. The Bertz CT molecular complexity index is 779. The Morgan fingerprint density at radius 2 is 1.92 bits per heavy atom. The van der Waals surface area contributed by atoms with Crippen molar-refractivity contribution >= 4 is 11.7 Å². The summed E-state index contributed by atoms with van der Waals surface area (Å²) in [5, 5.41) is 10.6. The average Bonchev–Trinajstić information content (AvgIpc) is 2.84. The summed E-state index contributed by atoms with van der Waals surface area (Å²) < 4.78 is 0. The summed E-state index contributed by atoms with van der Waals surface area (Å²) in [5.74, 6) is 1.67. The lowest BCUT2D eigenvalue weighted by Crippen LogP contribution is -2.31. The summed E-state index contributed by atoms with van der Waals surface area (Å²) in [6, 6.07) is 9.64. The van der Waals surface area contributed by atoms with Crippen LogP contribution in [-0.4, -0.2) is 52.6 Å². The number of amides is 1. The number of aromatic nitrogens is 2. The highest BCUT2D eigenvalue weighted by molar-refractivity contribution is 5.73. The molecule has 2 aromatic rings. The van der Waals surface area contributed by atoms with Gasteiger partial charge in [-0.3, -0.25) is 4.79 Å². The summed E-state index contributed by atoms with van der Waals surface area (Å²) in [4.78, 5) is 24.8. The highest BCUT2D eigenvalue weighted by Gasteiger charge is 2.23. The van der Waals surface area contributed by atoms with E-state index in [0.717, 1.165) is 41.3 Å². The van der Waals surface area contributed by atoms with Crippen molar-refractivity contribution in [2.24, 2.45) is 0 Å². The second kappa shape index (κ2) is 7.83. The van der Waals surface area contributed by atoms with Gasteiger partial charge in [0.05, 0.1) is 11.8 Å². The van der Waals surface area contributed by atoms with Crippen LogP contribution in [0.5, 0.6) is 0 Å². The Kier molecular flexibility index (Phi) is 5.52. The van der Waals surface area contributed by atoms with Crippen molar-refractivity contribution < 1.29 is 9.90 Å². The van der Waals surface area contributed by atoms with Crippen LogP contribution in [0, 0.1) is 6.92 Å². The molecule has 0 aliphatic carbocycles. The third-order valence-electron chi connectivity index (χ3n) is 4.87. The molecular formula is C20H26N4O2. The fourth-order valence-corrected chi connectivity index (χ4v) is 3.46. The Hall–Kier alpha value is -2.47. The number of carbonyl (C=O) groups is 1. The van der Waals surface area contributed by atoms with E-state index >= 15 is 0 Å². The van der Waals surface area contributed by atoms with Crippen molar-refractivity contribution in [2.75, 3.05) is 31.6 Å². The van der Waals surface area contributed by atoms with Gasteiger partial charge < -0.3 is 14.9 Å². The first-order valence-corrected chi connectivity index (χ1v) is 9.01. The zero-order valence-electron chi connectivity index (χ0n) is 15.6. The monoisotopic (exact) mass is 354 g/mol. The molecule has 6 nitrogen and oxygen atoms in total. The second-order valence-electron chi connectivity index (χ2n) is 6.83. The molecular weight excluding hydrogens is 328 g/mol. The van der Waals surface area contributed by atoms with Crippen molar-refractivity contribution in [3.8, 4) is 0 Å². The summed E-state index contributed by atoms with van der Waals surface area (Å²) in [6.07, 6.45) is 0.878. The van der Waals surface area contributed by atoms with Crippen LogP contribution in [-0.2, 0) is 17.6 Å². The first-order valence-electron chi connectivity index (χ1n) is 9.01. The number of anilines is 1. The molecule has 2 heterocycles. The van der Waals surface area contributed by atoms with Crippen LogP contribution in [0.4, 0.5) is 5.82 Å². The number of aliphatic hydroxyl groups excluding tert-OH is 1. The number of nitrogens with zero attached hydrogens (tertiary/aromatic N) is 4. The topological polar surface area (TPSA) is 69.6 Å². The molecule has 0 bridgehead atoms. The fourth-order valence-electron chi connectivity index (χ4n) is 3.46. The molecule has 1 amide bonds. The first-order chi connectivity index (χ1) is 12.5. The maximum absolute atomic E-state index is 11.7. The molecule has 3 rings (SSSR count). The molecule has 0 saturated heterocycles. The van der Waals surface area contributed by atoms with Crippen LogP contribution in [0.2, 0.25) is 0 Å². The van der Waals surface area contributed by atoms with E-state index < -0.39 is 6.10 Å². The van der Waals surface area contributed by atoms with E-state index in [-0.39, 0.29) is 5.91 Å². The summed E-state index contributed by atoms with van der Waals surface area (Å²) in [7, 11) is 1.95. The molecule has 1 N–H and O–H groups in total. The second-order valence-corrected chi connectivity index (χ2v) is 6.83. The van der Waals surface area contributed by atoms with Gasteiger partial charge in [-0.2, -0.15) is 0 Å². The predicted molar refractivity (Wildman–Crippen MR) is 101 cm³/mol. The van der Waals surface area contributed by atoms with Crippen LogP contribution in [0.15, 0.2) is 30.3 Å². The number of likely N-dealkylation sites (N-methyl/N-ethyl adjacent to an activating group) is 1. The molecule has 1 atom stereocenters. The maximum Gasteiger partial charge on any atom is 0.219 e. The van der Waals surface area contributed by atoms with E-state index in [1.165, 1.54) is 0 Å². The minimum absolute atomic E-state index is 0.0943. The average molecular weight is 354 g/mol. The van der Waals surface area contributed by atoms with Gasteiger partial charge in [0, 0.05) is 45.6 Å². The van der Waals surface area contributed by atoms with Crippen molar-refractivity contribution in [1.82, 2.24) is 14.9 Å². The molecule has 1 aromatic heterocycles. The molecule has 26 heavy (non-hydrogen) atoms. The van der Waals surface area contributed by atoms with Gasteiger partial charge >= 0.3 is 0 Å². The lowest BCUT2D eigenvalue weighted by molar-refractivity contribution is -0.128. The number of aliphatic hydroxyl groups is 1. The molecule has 1 aliphatic heterocycles. The number of rotatable bonds is 4. The fraction of sp³-hybridized carbons (Fsp3) is 0.450. The van der Waals surface area contributed by atoms with Gasteiger partial charge in [-0.1, -0.05) is 30.3 Å². The summed E-state index contributed by atoms with van der Waals surface area (Å²) in [5.41, 5.74) is 2.98. The number of carbonyl (C=O) groups excluding carboxylic acids is 1. The Morgan fingerprint density at radius 1 is 1.23 bits per heavy atom.